The maximum Gasteiger partial charge on any atom is 0.313 e. The number of nitrogens with one attached hydrogen (secondary N) is 2. The van der Waals surface area contributed by atoms with Gasteiger partial charge in [0.15, 0.2) is 0 Å². The second-order valence-electron chi connectivity index (χ2n) is 5.99. The van der Waals surface area contributed by atoms with E-state index in [0.29, 0.717) is 17.3 Å². The third-order valence-corrected chi connectivity index (χ3v) is 5.23. The van der Waals surface area contributed by atoms with Crippen molar-refractivity contribution in [1.29, 1.82) is 0 Å². The predicted molar refractivity (Wildman–Crippen MR) is 101 cm³/mol. The van der Waals surface area contributed by atoms with Crippen molar-refractivity contribution in [3.8, 4) is 0 Å². The number of thiophene rings is 1. The summed E-state index contributed by atoms with van der Waals surface area (Å²) in [6.07, 6.45) is 2.34. The summed E-state index contributed by atoms with van der Waals surface area (Å²) in [7, 11) is 0. The molecular weight excluding hydrogens is 358 g/mol. The maximum atomic E-state index is 12.1. The summed E-state index contributed by atoms with van der Waals surface area (Å²) >= 11 is 7.45. The highest BCUT2D eigenvalue weighted by Crippen LogP contribution is 2.26. The monoisotopic (exact) mass is 377 g/mol. The van der Waals surface area contributed by atoms with Gasteiger partial charge in [-0.15, -0.1) is 0 Å². The summed E-state index contributed by atoms with van der Waals surface area (Å²) in [6.45, 7) is 2.46. The Morgan fingerprint density at radius 2 is 1.84 bits per heavy atom. The molecule has 2 heterocycles. The lowest BCUT2D eigenvalue weighted by atomic mass is 10.1. The first kappa shape index (κ1) is 17.9. The van der Waals surface area contributed by atoms with Crippen LogP contribution >= 0.6 is 22.9 Å². The molecule has 5 nitrogen and oxygen atoms in total. The largest absolute Gasteiger partial charge is 0.346 e. The van der Waals surface area contributed by atoms with Crippen molar-refractivity contribution in [2.75, 3.05) is 25.0 Å². The molecule has 2 aromatic rings. The third-order valence-electron chi connectivity index (χ3n) is 4.27. The van der Waals surface area contributed by atoms with Crippen LogP contribution in [0.15, 0.2) is 41.1 Å². The molecule has 1 aliphatic heterocycles. The average Bonchev–Trinajstić information content (AvgIpc) is 3.31. The van der Waals surface area contributed by atoms with E-state index < -0.39 is 11.8 Å². The minimum atomic E-state index is -0.673. The summed E-state index contributed by atoms with van der Waals surface area (Å²) in [5, 5.41) is 10.1. The summed E-state index contributed by atoms with van der Waals surface area (Å²) in [4.78, 5) is 26.5. The van der Waals surface area contributed by atoms with Crippen LogP contribution in [0.5, 0.6) is 0 Å². The summed E-state index contributed by atoms with van der Waals surface area (Å²) in [5.74, 6) is -1.30. The SMILES string of the molecule is O=C(NCC(c1ccsc1)N1CCCC1)C(=O)Nc1ccc(Cl)cc1. The normalized spacial score (nSPS) is 15.7. The van der Waals surface area contributed by atoms with Crippen LogP contribution in [0.25, 0.3) is 0 Å². The number of hydrogen-bond acceptors (Lipinski definition) is 4. The Morgan fingerprint density at radius 1 is 1.12 bits per heavy atom. The molecule has 1 unspecified atom stereocenters. The molecule has 1 aromatic heterocycles. The standard InChI is InChI=1S/C18H20ClN3O2S/c19-14-3-5-15(6-4-14)21-18(24)17(23)20-11-16(13-7-10-25-12-13)22-8-1-2-9-22/h3-7,10,12,16H,1-2,8-9,11H2,(H,20,23)(H,21,24). The number of hydrogen-bond donors (Lipinski definition) is 2. The van der Waals surface area contributed by atoms with Crippen LogP contribution in [0.4, 0.5) is 5.69 Å². The first-order valence-corrected chi connectivity index (χ1v) is 9.56. The minimum Gasteiger partial charge on any atom is -0.346 e. The second kappa shape index (κ2) is 8.47. The molecule has 2 amide bonds. The molecule has 0 aliphatic carbocycles. The van der Waals surface area contributed by atoms with E-state index in [1.165, 1.54) is 18.4 Å². The molecule has 0 radical (unpaired) electrons. The number of carbonyl (C=O) groups excluding carboxylic acids is 2. The van der Waals surface area contributed by atoms with Crippen LogP contribution in [0.3, 0.4) is 0 Å². The molecule has 1 aromatic carbocycles. The van der Waals surface area contributed by atoms with Crippen molar-refractivity contribution < 1.29 is 9.59 Å². The molecule has 0 spiro atoms. The van der Waals surface area contributed by atoms with E-state index in [4.69, 9.17) is 11.6 Å². The van der Waals surface area contributed by atoms with Crippen LogP contribution in [0.2, 0.25) is 5.02 Å². The Kier molecular flexibility index (Phi) is 6.07. The highest BCUT2D eigenvalue weighted by molar-refractivity contribution is 7.08. The highest BCUT2D eigenvalue weighted by Gasteiger charge is 2.25. The number of likely N-dealkylation sites (tertiary alicyclic amines) is 1. The van der Waals surface area contributed by atoms with Crippen LogP contribution in [-0.4, -0.2) is 36.3 Å². The Balaban J connectivity index is 1.57. The number of rotatable bonds is 5. The van der Waals surface area contributed by atoms with Crippen LogP contribution in [-0.2, 0) is 9.59 Å². The molecule has 1 saturated heterocycles. The number of benzene rings is 1. The van der Waals surface area contributed by atoms with Gasteiger partial charge < -0.3 is 10.6 Å². The van der Waals surface area contributed by atoms with Gasteiger partial charge >= 0.3 is 11.8 Å². The number of amides is 2. The topological polar surface area (TPSA) is 61.4 Å². The van der Waals surface area contributed by atoms with Gasteiger partial charge in [-0.25, -0.2) is 0 Å². The van der Waals surface area contributed by atoms with E-state index in [1.54, 1.807) is 35.6 Å². The first-order valence-electron chi connectivity index (χ1n) is 8.24. The van der Waals surface area contributed by atoms with Crippen molar-refractivity contribution in [3.05, 3.63) is 51.7 Å². The van der Waals surface area contributed by atoms with E-state index in [9.17, 15) is 9.59 Å². The third kappa shape index (κ3) is 4.81. The molecule has 1 atom stereocenters. The molecule has 1 aliphatic rings. The van der Waals surface area contributed by atoms with E-state index >= 15 is 0 Å². The van der Waals surface area contributed by atoms with Gasteiger partial charge in [-0.1, -0.05) is 11.6 Å². The first-order chi connectivity index (χ1) is 12.1. The van der Waals surface area contributed by atoms with Gasteiger partial charge in [0, 0.05) is 17.3 Å². The average molecular weight is 378 g/mol. The van der Waals surface area contributed by atoms with E-state index in [2.05, 4.69) is 27.0 Å². The molecule has 0 bridgehead atoms. The molecule has 1 fully saturated rings. The maximum absolute atomic E-state index is 12.1. The Bertz CT molecular complexity index is 712. The molecule has 25 heavy (non-hydrogen) atoms. The molecule has 0 saturated carbocycles. The molecular formula is C18H20ClN3O2S. The van der Waals surface area contributed by atoms with Gasteiger partial charge in [-0.05, 0) is 72.6 Å². The zero-order chi connectivity index (χ0) is 17.6. The minimum absolute atomic E-state index is 0.112. The van der Waals surface area contributed by atoms with Gasteiger partial charge in [0.25, 0.3) is 0 Å². The van der Waals surface area contributed by atoms with E-state index in [0.717, 1.165) is 13.1 Å². The van der Waals surface area contributed by atoms with Crippen molar-refractivity contribution >= 4 is 40.4 Å². The van der Waals surface area contributed by atoms with E-state index in [1.807, 2.05) is 5.38 Å². The van der Waals surface area contributed by atoms with Gasteiger partial charge in [-0.3, -0.25) is 14.5 Å². The highest BCUT2D eigenvalue weighted by atomic mass is 35.5. The smallest absolute Gasteiger partial charge is 0.313 e. The lowest BCUT2D eigenvalue weighted by Crippen LogP contribution is -2.41. The molecule has 132 valence electrons. The number of nitrogens with zero attached hydrogens (tertiary/aromatic N) is 1. The Hall–Kier alpha value is -1.89. The fourth-order valence-electron chi connectivity index (χ4n) is 2.97. The summed E-state index contributed by atoms with van der Waals surface area (Å²) in [5.41, 5.74) is 1.73. The van der Waals surface area contributed by atoms with Crippen LogP contribution in [0, 0.1) is 0 Å². The predicted octanol–water partition coefficient (Wildman–Crippen LogP) is 3.29. The van der Waals surface area contributed by atoms with E-state index in [-0.39, 0.29) is 6.04 Å². The zero-order valence-electron chi connectivity index (χ0n) is 13.7. The second-order valence-corrected chi connectivity index (χ2v) is 7.20. The van der Waals surface area contributed by atoms with Crippen molar-refractivity contribution in [2.45, 2.75) is 18.9 Å². The molecule has 7 heteroatoms. The Morgan fingerprint density at radius 3 is 2.48 bits per heavy atom. The lowest BCUT2D eigenvalue weighted by molar-refractivity contribution is -0.136. The lowest BCUT2D eigenvalue weighted by Gasteiger charge is -2.27. The van der Waals surface area contributed by atoms with Crippen molar-refractivity contribution in [2.24, 2.45) is 0 Å². The van der Waals surface area contributed by atoms with Gasteiger partial charge in [-0.2, -0.15) is 11.3 Å². The zero-order valence-corrected chi connectivity index (χ0v) is 15.3. The fraction of sp³-hybridized carbons (Fsp3) is 0.333. The molecule has 3 rings (SSSR count). The van der Waals surface area contributed by atoms with Gasteiger partial charge in [0.05, 0.1) is 6.04 Å². The number of anilines is 1. The van der Waals surface area contributed by atoms with Crippen molar-refractivity contribution in [3.63, 3.8) is 0 Å². The van der Waals surface area contributed by atoms with Crippen LogP contribution < -0.4 is 10.6 Å². The molecule has 2 N–H and O–H groups in total. The Labute approximate surface area is 156 Å². The van der Waals surface area contributed by atoms with Crippen LogP contribution in [0.1, 0.15) is 24.4 Å². The van der Waals surface area contributed by atoms with Crippen molar-refractivity contribution in [1.82, 2.24) is 10.2 Å². The number of halogens is 1. The van der Waals surface area contributed by atoms with Gasteiger partial charge in [0.2, 0.25) is 0 Å². The fourth-order valence-corrected chi connectivity index (χ4v) is 3.80. The summed E-state index contributed by atoms with van der Waals surface area (Å²) in [6, 6.07) is 8.83. The number of carbonyl (C=O) groups is 2. The quantitative estimate of drug-likeness (QED) is 0.786. The van der Waals surface area contributed by atoms with Gasteiger partial charge in [0.1, 0.15) is 0 Å². The summed E-state index contributed by atoms with van der Waals surface area (Å²) < 4.78 is 0.